The molecule has 0 spiro atoms. The summed E-state index contributed by atoms with van der Waals surface area (Å²) >= 11 is 0. The molecule has 0 saturated heterocycles. The van der Waals surface area contributed by atoms with E-state index in [4.69, 9.17) is 14.2 Å². The Morgan fingerprint density at radius 1 is 1.10 bits per heavy atom. The van der Waals surface area contributed by atoms with Crippen molar-refractivity contribution in [3.05, 3.63) is 23.8 Å². The highest BCUT2D eigenvalue weighted by atomic mass is 16.5. The summed E-state index contributed by atoms with van der Waals surface area (Å²) in [5, 5.41) is 2.90. The van der Waals surface area contributed by atoms with E-state index in [0.717, 1.165) is 25.7 Å². The fourth-order valence-electron chi connectivity index (χ4n) is 2.92. The average molecular weight is 408 g/mol. The summed E-state index contributed by atoms with van der Waals surface area (Å²) < 4.78 is 16.8. The van der Waals surface area contributed by atoms with Crippen molar-refractivity contribution >= 4 is 17.6 Å². The molecule has 0 bridgehead atoms. The molecular weight excluding hydrogens is 370 g/mol. The molecule has 0 aliphatic rings. The maximum absolute atomic E-state index is 13.0. The number of rotatable bonds is 13. The Labute approximate surface area is 175 Å². The van der Waals surface area contributed by atoms with E-state index in [9.17, 15) is 9.59 Å². The number of carbonyl (C=O) groups excluding carboxylic acids is 2. The summed E-state index contributed by atoms with van der Waals surface area (Å²) in [7, 11) is 0. The second-order valence-electron chi connectivity index (χ2n) is 7.34. The quantitative estimate of drug-likeness (QED) is 0.352. The molecule has 1 N–H and O–H groups in total. The summed E-state index contributed by atoms with van der Waals surface area (Å²) in [5.74, 6) is -0.246. The molecule has 0 saturated carbocycles. The lowest BCUT2D eigenvalue weighted by molar-refractivity contribution is -0.139. The van der Waals surface area contributed by atoms with Gasteiger partial charge in [0.2, 0.25) is 0 Å². The molecular formula is C23H37NO5. The summed E-state index contributed by atoms with van der Waals surface area (Å²) in [6.07, 6.45) is 4.44. The van der Waals surface area contributed by atoms with Crippen LogP contribution in [0.5, 0.6) is 5.75 Å². The van der Waals surface area contributed by atoms with Crippen molar-refractivity contribution in [2.45, 2.75) is 85.4 Å². The SMILES string of the molecule is CCCCC[C@@](C)(OCC)C(=O)Nc1ccc(O[C@H](C)CC)c(C(=O)OCC)c1. The average Bonchev–Trinajstić information content (AvgIpc) is 2.69. The molecule has 1 aromatic rings. The van der Waals surface area contributed by atoms with E-state index >= 15 is 0 Å². The Kier molecular flexibility index (Phi) is 10.7. The lowest BCUT2D eigenvalue weighted by Gasteiger charge is -2.28. The van der Waals surface area contributed by atoms with Gasteiger partial charge in [-0.1, -0.05) is 33.1 Å². The largest absolute Gasteiger partial charge is 0.490 e. The molecule has 2 atom stereocenters. The first kappa shape index (κ1) is 25.0. The van der Waals surface area contributed by atoms with Gasteiger partial charge in [0.05, 0.1) is 12.7 Å². The highest BCUT2D eigenvalue weighted by Gasteiger charge is 2.33. The number of amides is 1. The highest BCUT2D eigenvalue weighted by molar-refractivity contribution is 5.99. The number of nitrogens with one attached hydrogen (secondary N) is 1. The molecule has 1 rings (SSSR count). The van der Waals surface area contributed by atoms with Gasteiger partial charge in [-0.3, -0.25) is 4.79 Å². The summed E-state index contributed by atoms with van der Waals surface area (Å²) in [6, 6.07) is 5.03. The predicted molar refractivity (Wildman–Crippen MR) is 116 cm³/mol. The lowest BCUT2D eigenvalue weighted by Crippen LogP contribution is -2.42. The third kappa shape index (κ3) is 7.69. The maximum atomic E-state index is 13.0. The topological polar surface area (TPSA) is 73.9 Å². The van der Waals surface area contributed by atoms with Crippen LogP contribution in [0.3, 0.4) is 0 Å². The number of anilines is 1. The van der Waals surface area contributed by atoms with Crippen LogP contribution in [0.2, 0.25) is 0 Å². The molecule has 1 amide bonds. The van der Waals surface area contributed by atoms with Crippen LogP contribution in [0.25, 0.3) is 0 Å². The standard InChI is InChI=1S/C23H37NO5/c1-7-11-12-15-23(6,28-10-4)22(26)24-18-13-14-20(29-17(5)8-2)19(16-18)21(25)27-9-3/h13-14,16-17H,7-12,15H2,1-6H3,(H,24,26)/t17-,23-/m1/s1. The monoisotopic (exact) mass is 407 g/mol. The first-order valence-corrected chi connectivity index (χ1v) is 10.7. The Morgan fingerprint density at radius 2 is 1.83 bits per heavy atom. The van der Waals surface area contributed by atoms with Crippen LogP contribution in [0.4, 0.5) is 5.69 Å². The predicted octanol–water partition coefficient (Wildman–Crippen LogP) is 5.35. The van der Waals surface area contributed by atoms with E-state index in [1.54, 1.807) is 25.1 Å². The van der Waals surface area contributed by atoms with Crippen molar-refractivity contribution in [2.75, 3.05) is 18.5 Å². The van der Waals surface area contributed by atoms with Gasteiger partial charge in [0, 0.05) is 12.3 Å². The first-order valence-electron chi connectivity index (χ1n) is 10.7. The van der Waals surface area contributed by atoms with E-state index in [1.807, 2.05) is 27.7 Å². The first-order chi connectivity index (χ1) is 13.8. The van der Waals surface area contributed by atoms with Crippen LogP contribution in [-0.4, -0.2) is 36.8 Å². The van der Waals surface area contributed by atoms with Crippen molar-refractivity contribution in [2.24, 2.45) is 0 Å². The Balaban J connectivity index is 3.08. The van der Waals surface area contributed by atoms with E-state index in [2.05, 4.69) is 12.2 Å². The third-order valence-corrected chi connectivity index (χ3v) is 4.84. The summed E-state index contributed by atoms with van der Waals surface area (Å²) in [5.41, 5.74) is -0.107. The second-order valence-corrected chi connectivity index (χ2v) is 7.34. The number of unbranched alkanes of at least 4 members (excludes halogenated alkanes) is 2. The molecule has 0 aromatic heterocycles. The van der Waals surface area contributed by atoms with Crippen LogP contribution in [0, 0.1) is 0 Å². The smallest absolute Gasteiger partial charge is 0.341 e. The Bertz CT molecular complexity index is 661. The van der Waals surface area contributed by atoms with Gasteiger partial charge in [0.1, 0.15) is 16.9 Å². The molecule has 0 heterocycles. The van der Waals surface area contributed by atoms with Crippen molar-refractivity contribution < 1.29 is 23.8 Å². The molecule has 164 valence electrons. The Hall–Kier alpha value is -2.08. The van der Waals surface area contributed by atoms with E-state index in [-0.39, 0.29) is 18.6 Å². The van der Waals surface area contributed by atoms with Gasteiger partial charge in [-0.15, -0.1) is 0 Å². The van der Waals surface area contributed by atoms with Crippen LogP contribution >= 0.6 is 0 Å². The van der Waals surface area contributed by atoms with E-state index in [0.29, 0.717) is 30.0 Å². The number of ether oxygens (including phenoxy) is 3. The van der Waals surface area contributed by atoms with Gasteiger partial charge in [0.15, 0.2) is 0 Å². The molecule has 0 aliphatic carbocycles. The van der Waals surface area contributed by atoms with Crippen LogP contribution in [0.1, 0.15) is 84.0 Å². The van der Waals surface area contributed by atoms with Gasteiger partial charge in [-0.2, -0.15) is 0 Å². The van der Waals surface area contributed by atoms with Gasteiger partial charge in [-0.05, 0) is 58.7 Å². The number of hydrogen-bond donors (Lipinski definition) is 1. The van der Waals surface area contributed by atoms with E-state index < -0.39 is 11.6 Å². The summed E-state index contributed by atoms with van der Waals surface area (Å²) in [4.78, 5) is 25.4. The zero-order valence-corrected chi connectivity index (χ0v) is 18.8. The Morgan fingerprint density at radius 3 is 2.41 bits per heavy atom. The molecule has 6 heteroatoms. The van der Waals surface area contributed by atoms with Crippen molar-refractivity contribution in [1.82, 2.24) is 0 Å². The van der Waals surface area contributed by atoms with Gasteiger partial charge < -0.3 is 19.5 Å². The second kappa shape index (κ2) is 12.5. The zero-order valence-electron chi connectivity index (χ0n) is 18.8. The van der Waals surface area contributed by atoms with Gasteiger partial charge in [0.25, 0.3) is 5.91 Å². The highest BCUT2D eigenvalue weighted by Crippen LogP contribution is 2.27. The number of esters is 1. The van der Waals surface area contributed by atoms with Gasteiger partial charge >= 0.3 is 5.97 Å². The van der Waals surface area contributed by atoms with Crippen LogP contribution in [-0.2, 0) is 14.3 Å². The van der Waals surface area contributed by atoms with E-state index in [1.165, 1.54) is 0 Å². The number of benzene rings is 1. The van der Waals surface area contributed by atoms with Crippen molar-refractivity contribution in [1.29, 1.82) is 0 Å². The fourth-order valence-corrected chi connectivity index (χ4v) is 2.92. The van der Waals surface area contributed by atoms with Crippen molar-refractivity contribution in [3.8, 4) is 5.75 Å². The zero-order chi connectivity index (χ0) is 21.9. The van der Waals surface area contributed by atoms with Crippen LogP contribution < -0.4 is 10.1 Å². The molecule has 0 unspecified atom stereocenters. The number of carbonyl (C=O) groups is 2. The summed E-state index contributed by atoms with van der Waals surface area (Å²) in [6.45, 7) is 12.2. The number of hydrogen-bond acceptors (Lipinski definition) is 5. The fraction of sp³-hybridized carbons (Fsp3) is 0.652. The third-order valence-electron chi connectivity index (χ3n) is 4.84. The minimum Gasteiger partial charge on any atom is -0.490 e. The normalized spacial score (nSPS) is 14.0. The maximum Gasteiger partial charge on any atom is 0.341 e. The molecule has 29 heavy (non-hydrogen) atoms. The molecule has 0 aliphatic heterocycles. The molecule has 0 radical (unpaired) electrons. The lowest BCUT2D eigenvalue weighted by atomic mass is 9.96. The van der Waals surface area contributed by atoms with Crippen molar-refractivity contribution in [3.63, 3.8) is 0 Å². The molecule has 0 fully saturated rings. The minimum atomic E-state index is -0.917. The molecule has 6 nitrogen and oxygen atoms in total. The van der Waals surface area contributed by atoms with Gasteiger partial charge in [-0.25, -0.2) is 4.79 Å². The molecule has 1 aromatic carbocycles. The minimum absolute atomic E-state index is 0.0385. The van der Waals surface area contributed by atoms with Crippen LogP contribution in [0.15, 0.2) is 18.2 Å².